The van der Waals surface area contributed by atoms with Crippen molar-refractivity contribution >= 4 is 34.7 Å². The molecule has 0 atom stereocenters. The van der Waals surface area contributed by atoms with Gasteiger partial charge in [0.05, 0.1) is 17.7 Å². The molecule has 0 spiro atoms. The molecule has 1 aliphatic rings. The predicted octanol–water partition coefficient (Wildman–Crippen LogP) is 5.32. The fourth-order valence-corrected chi connectivity index (χ4v) is 3.22. The van der Waals surface area contributed by atoms with Crippen molar-refractivity contribution in [1.29, 1.82) is 0 Å². The molecule has 0 unspecified atom stereocenters. The molecular weight excluding hydrogens is 367 g/mol. The van der Waals surface area contributed by atoms with E-state index in [2.05, 4.69) is 0 Å². The SMILES string of the molecule is O=C1CCCc2cc(Cl)ccc2N(c2cccc(C(F)(F)F)c2)C(=O)C1. The number of carbonyl (C=O) groups excluding carboxylic acids is 2. The molecule has 0 saturated carbocycles. The number of alkyl halides is 3. The Morgan fingerprint density at radius 3 is 2.50 bits per heavy atom. The van der Waals surface area contributed by atoms with E-state index in [9.17, 15) is 22.8 Å². The first-order valence-electron chi connectivity index (χ1n) is 8.06. The van der Waals surface area contributed by atoms with E-state index in [1.807, 2.05) is 0 Å². The van der Waals surface area contributed by atoms with Gasteiger partial charge >= 0.3 is 6.18 Å². The summed E-state index contributed by atoms with van der Waals surface area (Å²) in [5.41, 5.74) is 0.388. The van der Waals surface area contributed by atoms with Gasteiger partial charge in [-0.3, -0.25) is 14.5 Å². The van der Waals surface area contributed by atoms with Crippen LogP contribution in [-0.2, 0) is 22.2 Å². The van der Waals surface area contributed by atoms with Gasteiger partial charge in [0.25, 0.3) is 0 Å². The second-order valence-electron chi connectivity index (χ2n) is 6.12. The fourth-order valence-electron chi connectivity index (χ4n) is 3.02. The van der Waals surface area contributed by atoms with Gasteiger partial charge in [0, 0.05) is 17.1 Å². The van der Waals surface area contributed by atoms with Gasteiger partial charge in [-0.15, -0.1) is 0 Å². The van der Waals surface area contributed by atoms with E-state index < -0.39 is 17.6 Å². The molecule has 1 aliphatic heterocycles. The molecule has 0 N–H and O–H groups in total. The van der Waals surface area contributed by atoms with Crippen LogP contribution in [0.15, 0.2) is 42.5 Å². The summed E-state index contributed by atoms with van der Waals surface area (Å²) >= 11 is 6.04. The van der Waals surface area contributed by atoms with E-state index in [0.717, 1.165) is 17.7 Å². The first-order valence-corrected chi connectivity index (χ1v) is 8.44. The highest BCUT2D eigenvalue weighted by atomic mass is 35.5. The molecule has 2 aromatic rings. The van der Waals surface area contributed by atoms with Crippen LogP contribution in [-0.4, -0.2) is 11.7 Å². The van der Waals surface area contributed by atoms with Gasteiger partial charge < -0.3 is 0 Å². The summed E-state index contributed by atoms with van der Waals surface area (Å²) in [5.74, 6) is -0.786. The number of fused-ring (bicyclic) bond motifs is 1. The third kappa shape index (κ3) is 3.90. The summed E-state index contributed by atoms with van der Waals surface area (Å²) in [4.78, 5) is 25.9. The molecule has 0 aromatic heterocycles. The zero-order chi connectivity index (χ0) is 18.9. The Bertz CT molecular complexity index is 864. The van der Waals surface area contributed by atoms with Crippen LogP contribution in [0.25, 0.3) is 0 Å². The minimum absolute atomic E-state index is 0.0723. The lowest BCUT2D eigenvalue weighted by molar-refractivity contribution is -0.137. The third-order valence-corrected chi connectivity index (χ3v) is 4.45. The molecular formula is C19H15ClF3NO2. The number of benzene rings is 2. The normalized spacial score (nSPS) is 15.9. The average Bonchev–Trinajstić information content (AvgIpc) is 2.61. The minimum Gasteiger partial charge on any atom is -0.299 e. The smallest absolute Gasteiger partial charge is 0.299 e. The standard InChI is InChI=1S/C19H15ClF3NO2/c20-14-7-8-17-12(9-14)3-1-6-16(25)11-18(26)24(17)15-5-2-4-13(10-15)19(21,22)23/h2,4-5,7-10H,1,3,6,11H2. The van der Waals surface area contributed by atoms with Crippen LogP contribution in [0.2, 0.25) is 5.02 Å². The maximum Gasteiger partial charge on any atom is 0.416 e. The van der Waals surface area contributed by atoms with E-state index in [4.69, 9.17) is 11.6 Å². The van der Waals surface area contributed by atoms with Crippen molar-refractivity contribution in [1.82, 2.24) is 0 Å². The molecule has 0 aliphatic carbocycles. The van der Waals surface area contributed by atoms with Gasteiger partial charge in [0.15, 0.2) is 0 Å². The number of hydrogen-bond acceptors (Lipinski definition) is 2. The summed E-state index contributed by atoms with van der Waals surface area (Å²) < 4.78 is 39.2. The number of nitrogens with zero attached hydrogens (tertiary/aromatic N) is 1. The number of rotatable bonds is 1. The van der Waals surface area contributed by atoms with Gasteiger partial charge in [-0.1, -0.05) is 17.7 Å². The van der Waals surface area contributed by atoms with E-state index in [1.54, 1.807) is 18.2 Å². The number of Topliss-reactive ketones (excluding diaryl/α,β-unsaturated/α-hetero) is 1. The molecule has 3 rings (SSSR count). The quantitative estimate of drug-likeness (QED) is 0.627. The van der Waals surface area contributed by atoms with E-state index in [-0.39, 0.29) is 24.3 Å². The Hall–Kier alpha value is -2.34. The lowest BCUT2D eigenvalue weighted by Crippen LogP contribution is -2.28. The monoisotopic (exact) mass is 381 g/mol. The van der Waals surface area contributed by atoms with Gasteiger partial charge in [-0.05, 0) is 54.8 Å². The van der Waals surface area contributed by atoms with Crippen molar-refractivity contribution < 1.29 is 22.8 Å². The minimum atomic E-state index is -4.53. The number of carbonyl (C=O) groups is 2. The Kier molecular flexibility index (Phi) is 5.05. The van der Waals surface area contributed by atoms with Crippen LogP contribution < -0.4 is 4.90 Å². The molecule has 0 fully saturated rings. The van der Waals surface area contributed by atoms with Gasteiger partial charge in [-0.25, -0.2) is 0 Å². The predicted molar refractivity (Wildman–Crippen MR) is 92.6 cm³/mol. The maximum atomic E-state index is 13.1. The van der Waals surface area contributed by atoms with Crippen molar-refractivity contribution in [2.24, 2.45) is 0 Å². The largest absolute Gasteiger partial charge is 0.416 e. The van der Waals surface area contributed by atoms with Crippen LogP contribution in [0.5, 0.6) is 0 Å². The number of amides is 1. The highest BCUT2D eigenvalue weighted by Crippen LogP contribution is 2.37. The van der Waals surface area contributed by atoms with Gasteiger partial charge in [-0.2, -0.15) is 13.2 Å². The third-order valence-electron chi connectivity index (χ3n) is 4.21. The van der Waals surface area contributed by atoms with Crippen molar-refractivity contribution in [2.75, 3.05) is 4.90 Å². The van der Waals surface area contributed by atoms with E-state index in [0.29, 0.717) is 23.6 Å². The molecule has 0 radical (unpaired) electrons. The Labute approximate surface area is 153 Å². The van der Waals surface area contributed by atoms with Crippen LogP contribution in [0, 0.1) is 0 Å². The Balaban J connectivity index is 2.16. The second kappa shape index (κ2) is 7.11. The highest BCUT2D eigenvalue weighted by molar-refractivity contribution is 6.30. The molecule has 1 amide bonds. The van der Waals surface area contributed by atoms with E-state index in [1.165, 1.54) is 17.0 Å². The highest BCUT2D eigenvalue weighted by Gasteiger charge is 2.32. The number of hydrogen-bond donors (Lipinski definition) is 0. The number of aryl methyl sites for hydroxylation is 1. The number of anilines is 2. The zero-order valence-electron chi connectivity index (χ0n) is 13.6. The molecule has 0 saturated heterocycles. The molecule has 26 heavy (non-hydrogen) atoms. The number of halogens is 4. The summed E-state index contributed by atoms with van der Waals surface area (Å²) in [7, 11) is 0. The average molecular weight is 382 g/mol. The van der Waals surface area contributed by atoms with Gasteiger partial charge in [0.2, 0.25) is 5.91 Å². The van der Waals surface area contributed by atoms with Crippen molar-refractivity contribution in [3.8, 4) is 0 Å². The number of ketones is 1. The molecule has 136 valence electrons. The second-order valence-corrected chi connectivity index (χ2v) is 6.56. The van der Waals surface area contributed by atoms with Crippen LogP contribution in [0.1, 0.15) is 30.4 Å². The summed E-state index contributed by atoms with van der Waals surface area (Å²) in [6.45, 7) is 0. The first-order chi connectivity index (χ1) is 12.3. The Morgan fingerprint density at radius 1 is 1.00 bits per heavy atom. The van der Waals surface area contributed by atoms with Crippen LogP contribution in [0.3, 0.4) is 0 Å². The molecule has 1 heterocycles. The van der Waals surface area contributed by atoms with Gasteiger partial charge in [0.1, 0.15) is 5.78 Å². The van der Waals surface area contributed by atoms with E-state index >= 15 is 0 Å². The first kappa shape index (κ1) is 18.5. The van der Waals surface area contributed by atoms with Crippen LogP contribution >= 0.6 is 11.6 Å². The lowest BCUT2D eigenvalue weighted by atomic mass is 10.0. The summed E-state index contributed by atoms with van der Waals surface area (Å²) in [6, 6.07) is 9.39. The topological polar surface area (TPSA) is 37.4 Å². The van der Waals surface area contributed by atoms with Crippen molar-refractivity contribution in [3.05, 3.63) is 58.6 Å². The maximum absolute atomic E-state index is 13.1. The van der Waals surface area contributed by atoms with Crippen molar-refractivity contribution in [3.63, 3.8) is 0 Å². The molecule has 0 bridgehead atoms. The lowest BCUT2D eigenvalue weighted by Gasteiger charge is -2.25. The fraction of sp³-hybridized carbons (Fsp3) is 0.263. The summed E-state index contributed by atoms with van der Waals surface area (Å²) in [5, 5.41) is 0.464. The molecule has 3 nitrogen and oxygen atoms in total. The molecule has 2 aromatic carbocycles. The van der Waals surface area contributed by atoms with Crippen molar-refractivity contribution in [2.45, 2.75) is 31.9 Å². The zero-order valence-corrected chi connectivity index (χ0v) is 14.4. The summed E-state index contributed by atoms with van der Waals surface area (Å²) in [6.07, 6.45) is -3.58. The molecule has 7 heteroatoms. The Morgan fingerprint density at radius 2 is 1.77 bits per heavy atom. The van der Waals surface area contributed by atoms with Crippen LogP contribution in [0.4, 0.5) is 24.5 Å².